The highest BCUT2D eigenvalue weighted by molar-refractivity contribution is 5.32. The zero-order valence-corrected chi connectivity index (χ0v) is 14.3. The third-order valence-corrected chi connectivity index (χ3v) is 3.76. The summed E-state index contributed by atoms with van der Waals surface area (Å²) in [7, 11) is 0. The third-order valence-electron chi connectivity index (χ3n) is 3.76. The van der Waals surface area contributed by atoms with Gasteiger partial charge in [0.2, 0.25) is 0 Å². The van der Waals surface area contributed by atoms with Crippen molar-refractivity contribution in [1.82, 2.24) is 0 Å². The van der Waals surface area contributed by atoms with Gasteiger partial charge in [-0.25, -0.2) is 0 Å². The summed E-state index contributed by atoms with van der Waals surface area (Å²) in [5.74, 6) is 0.0359. The standard InChI is InChI=1S/C17H22F6O/c1-6-11(2)12-7-9-13(10-8-12)15(16(18,19)20,17(21,22)23)24-14(3,4)5/h7-11H,6H2,1-5H3. The molecule has 138 valence electrons. The van der Waals surface area contributed by atoms with Gasteiger partial charge in [-0.1, -0.05) is 38.1 Å². The van der Waals surface area contributed by atoms with Crippen LogP contribution in [0.1, 0.15) is 58.1 Å². The molecule has 1 unspecified atom stereocenters. The van der Waals surface area contributed by atoms with Gasteiger partial charge in [0.25, 0.3) is 5.60 Å². The van der Waals surface area contributed by atoms with Gasteiger partial charge in [0.05, 0.1) is 5.60 Å². The maximum atomic E-state index is 13.6. The Morgan fingerprint density at radius 1 is 0.875 bits per heavy atom. The average Bonchev–Trinajstić information content (AvgIpc) is 2.40. The van der Waals surface area contributed by atoms with Crippen LogP contribution in [0.5, 0.6) is 0 Å². The first-order valence-corrected chi connectivity index (χ1v) is 7.59. The molecular formula is C17H22F6O. The van der Waals surface area contributed by atoms with Gasteiger partial charge in [-0.15, -0.1) is 0 Å². The van der Waals surface area contributed by atoms with Crippen molar-refractivity contribution in [2.45, 2.75) is 70.5 Å². The molecular weight excluding hydrogens is 334 g/mol. The number of rotatable bonds is 4. The minimum atomic E-state index is -5.66. The minimum absolute atomic E-state index is 0.0359. The molecule has 1 aromatic rings. The quantitative estimate of drug-likeness (QED) is 0.572. The van der Waals surface area contributed by atoms with Crippen LogP contribution in [0.25, 0.3) is 0 Å². The van der Waals surface area contributed by atoms with Crippen LogP contribution in [0, 0.1) is 0 Å². The fraction of sp³-hybridized carbons (Fsp3) is 0.647. The first kappa shape index (κ1) is 20.8. The van der Waals surface area contributed by atoms with E-state index in [9.17, 15) is 26.3 Å². The summed E-state index contributed by atoms with van der Waals surface area (Å²) in [4.78, 5) is 0. The zero-order chi connectivity index (χ0) is 19.0. The fourth-order valence-corrected chi connectivity index (χ4v) is 2.40. The Balaban J connectivity index is 3.58. The molecule has 0 radical (unpaired) electrons. The van der Waals surface area contributed by atoms with Gasteiger partial charge in [0.1, 0.15) is 0 Å². The van der Waals surface area contributed by atoms with Gasteiger partial charge >= 0.3 is 12.4 Å². The molecule has 0 spiro atoms. The highest BCUT2D eigenvalue weighted by Gasteiger charge is 2.74. The van der Waals surface area contributed by atoms with Crippen molar-refractivity contribution in [1.29, 1.82) is 0 Å². The predicted octanol–water partition coefficient (Wildman–Crippen LogP) is 6.34. The molecule has 0 amide bonds. The molecule has 0 bridgehead atoms. The summed E-state index contributed by atoms with van der Waals surface area (Å²) < 4.78 is 86.0. The number of hydrogen-bond donors (Lipinski definition) is 0. The summed E-state index contributed by atoms with van der Waals surface area (Å²) in [5.41, 5.74) is -6.31. The normalized spacial score (nSPS) is 15.5. The van der Waals surface area contributed by atoms with Crippen molar-refractivity contribution >= 4 is 0 Å². The van der Waals surface area contributed by atoms with E-state index < -0.39 is 29.1 Å². The second-order valence-electron chi connectivity index (χ2n) is 6.82. The van der Waals surface area contributed by atoms with Crippen LogP contribution in [-0.2, 0) is 10.3 Å². The first-order valence-electron chi connectivity index (χ1n) is 7.59. The van der Waals surface area contributed by atoms with Crippen LogP contribution in [0.4, 0.5) is 26.3 Å². The van der Waals surface area contributed by atoms with E-state index in [-0.39, 0.29) is 5.92 Å². The van der Waals surface area contributed by atoms with E-state index in [1.807, 2.05) is 13.8 Å². The van der Waals surface area contributed by atoms with Gasteiger partial charge in [0, 0.05) is 5.56 Å². The largest absolute Gasteiger partial charge is 0.430 e. The van der Waals surface area contributed by atoms with Crippen molar-refractivity contribution < 1.29 is 31.1 Å². The van der Waals surface area contributed by atoms with Gasteiger partial charge in [-0.2, -0.15) is 26.3 Å². The lowest BCUT2D eigenvalue weighted by Crippen LogP contribution is -2.58. The zero-order valence-electron chi connectivity index (χ0n) is 14.3. The Morgan fingerprint density at radius 2 is 1.29 bits per heavy atom. The maximum absolute atomic E-state index is 13.6. The Morgan fingerprint density at radius 3 is 1.58 bits per heavy atom. The molecule has 1 atom stereocenters. The average molecular weight is 356 g/mol. The second kappa shape index (κ2) is 6.58. The topological polar surface area (TPSA) is 9.23 Å². The second-order valence-corrected chi connectivity index (χ2v) is 6.82. The van der Waals surface area contributed by atoms with E-state index in [2.05, 4.69) is 4.74 Å². The maximum Gasteiger partial charge on any atom is 0.430 e. The summed E-state index contributed by atoms with van der Waals surface area (Å²) >= 11 is 0. The number of halogens is 6. The molecule has 7 heteroatoms. The van der Waals surface area contributed by atoms with Gasteiger partial charge < -0.3 is 4.74 Å². The lowest BCUT2D eigenvalue weighted by Gasteiger charge is -2.41. The minimum Gasteiger partial charge on any atom is -0.348 e. The lowest BCUT2D eigenvalue weighted by molar-refractivity contribution is -0.407. The van der Waals surface area contributed by atoms with Crippen molar-refractivity contribution in [3.8, 4) is 0 Å². The summed E-state index contributed by atoms with van der Waals surface area (Å²) in [5, 5.41) is 0. The molecule has 0 aliphatic carbocycles. The van der Waals surface area contributed by atoms with E-state index >= 15 is 0 Å². The molecule has 1 aromatic carbocycles. The van der Waals surface area contributed by atoms with Crippen LogP contribution in [0.15, 0.2) is 24.3 Å². The Kier molecular flexibility index (Phi) is 5.70. The molecule has 0 saturated heterocycles. The molecule has 24 heavy (non-hydrogen) atoms. The lowest BCUT2D eigenvalue weighted by atomic mass is 9.88. The first-order chi connectivity index (χ1) is 10.7. The molecule has 0 N–H and O–H groups in total. The van der Waals surface area contributed by atoms with Crippen LogP contribution >= 0.6 is 0 Å². The molecule has 0 aliphatic heterocycles. The van der Waals surface area contributed by atoms with E-state index in [4.69, 9.17) is 0 Å². The highest BCUT2D eigenvalue weighted by atomic mass is 19.4. The molecule has 0 aromatic heterocycles. The van der Waals surface area contributed by atoms with Crippen molar-refractivity contribution in [2.24, 2.45) is 0 Å². The Bertz CT molecular complexity index is 522. The van der Waals surface area contributed by atoms with E-state index in [1.165, 1.54) is 12.1 Å². The summed E-state index contributed by atoms with van der Waals surface area (Å²) in [6.45, 7) is 7.21. The Labute approximate surface area is 138 Å². The Hall–Kier alpha value is -1.24. The van der Waals surface area contributed by atoms with Gasteiger partial charge in [0.15, 0.2) is 0 Å². The van der Waals surface area contributed by atoms with Gasteiger partial charge in [-0.05, 0) is 38.7 Å². The monoisotopic (exact) mass is 356 g/mol. The summed E-state index contributed by atoms with van der Waals surface area (Å²) in [6.07, 6.45) is -10.6. The SMILES string of the molecule is CCC(C)c1ccc(C(OC(C)(C)C)(C(F)(F)F)C(F)(F)F)cc1. The van der Waals surface area contributed by atoms with E-state index in [0.29, 0.717) is 5.56 Å². The molecule has 0 aliphatic rings. The molecule has 1 nitrogen and oxygen atoms in total. The summed E-state index contributed by atoms with van der Waals surface area (Å²) in [6, 6.07) is 4.30. The van der Waals surface area contributed by atoms with Crippen molar-refractivity contribution in [3.05, 3.63) is 35.4 Å². The van der Waals surface area contributed by atoms with Crippen LogP contribution in [0.2, 0.25) is 0 Å². The molecule has 0 saturated carbocycles. The number of ether oxygens (including phenoxy) is 1. The molecule has 0 heterocycles. The third kappa shape index (κ3) is 4.05. The van der Waals surface area contributed by atoms with Crippen LogP contribution < -0.4 is 0 Å². The van der Waals surface area contributed by atoms with Crippen molar-refractivity contribution in [3.63, 3.8) is 0 Å². The van der Waals surface area contributed by atoms with Crippen LogP contribution in [0.3, 0.4) is 0 Å². The molecule has 1 rings (SSSR count). The number of alkyl halides is 6. The highest BCUT2D eigenvalue weighted by Crippen LogP contribution is 2.54. The van der Waals surface area contributed by atoms with E-state index in [0.717, 1.165) is 39.3 Å². The van der Waals surface area contributed by atoms with Crippen molar-refractivity contribution in [2.75, 3.05) is 0 Å². The number of benzene rings is 1. The van der Waals surface area contributed by atoms with Gasteiger partial charge in [-0.3, -0.25) is 0 Å². The molecule has 0 fully saturated rings. The number of hydrogen-bond acceptors (Lipinski definition) is 1. The fourth-order valence-electron chi connectivity index (χ4n) is 2.40. The van der Waals surface area contributed by atoms with E-state index in [1.54, 1.807) is 0 Å². The smallest absolute Gasteiger partial charge is 0.348 e. The predicted molar refractivity (Wildman–Crippen MR) is 79.8 cm³/mol. The van der Waals surface area contributed by atoms with Crippen LogP contribution in [-0.4, -0.2) is 18.0 Å².